The molecule has 0 unspecified atom stereocenters. The van der Waals surface area contributed by atoms with Gasteiger partial charge in [0, 0.05) is 0 Å². The van der Waals surface area contributed by atoms with E-state index >= 15 is 0 Å². The molecule has 0 aliphatic carbocycles. The van der Waals surface area contributed by atoms with Crippen molar-refractivity contribution in [1.29, 1.82) is 0 Å². The van der Waals surface area contributed by atoms with Crippen molar-refractivity contribution in [3.63, 3.8) is 0 Å². The first-order chi connectivity index (χ1) is 11.2. The minimum atomic E-state index is -1.55. The Hall–Kier alpha value is 0.956. The quantitative estimate of drug-likeness (QED) is 0.193. The molecule has 4 heteroatoms. The summed E-state index contributed by atoms with van der Waals surface area (Å²) in [6.07, 6.45) is 9.39. The Morgan fingerprint density at radius 3 is 2.17 bits per heavy atom. The minimum absolute atomic E-state index is 0.336. The molecular formula is C20H42OSe2Si. The van der Waals surface area contributed by atoms with Crippen LogP contribution in [0.2, 0.25) is 28.8 Å². The van der Waals surface area contributed by atoms with Gasteiger partial charge >= 0.3 is 167 Å². The van der Waals surface area contributed by atoms with Gasteiger partial charge in [-0.05, 0) is 0 Å². The van der Waals surface area contributed by atoms with Crippen LogP contribution in [-0.4, -0.2) is 44.8 Å². The van der Waals surface area contributed by atoms with E-state index in [1.807, 2.05) is 0 Å². The first kappa shape index (κ1) is 25.0. The van der Waals surface area contributed by atoms with Crippen molar-refractivity contribution in [1.82, 2.24) is 0 Å². The third kappa shape index (κ3) is 12.3. The normalized spacial score (nSPS) is 13.5. The Bertz CT molecular complexity index is 335. The second-order valence-corrected chi connectivity index (χ2v) is 17.5. The number of allylic oxidation sites excluding steroid dienone is 1. The molecule has 0 aromatic rings. The average molecular weight is 485 g/mol. The van der Waals surface area contributed by atoms with Crippen molar-refractivity contribution in [2.45, 2.75) is 108 Å². The molecule has 0 fully saturated rings. The fourth-order valence-corrected chi connectivity index (χ4v) is 8.46. The van der Waals surface area contributed by atoms with Gasteiger partial charge in [0.15, 0.2) is 0 Å². The Morgan fingerprint density at radius 1 is 0.958 bits per heavy atom. The summed E-state index contributed by atoms with van der Waals surface area (Å²) in [6, 6.07) is 0. The molecule has 0 saturated carbocycles. The first-order valence-corrected chi connectivity index (χ1v) is 17.0. The first-order valence-electron chi connectivity index (χ1n) is 9.82. The van der Waals surface area contributed by atoms with E-state index in [1.54, 1.807) is 4.47 Å². The van der Waals surface area contributed by atoms with E-state index < -0.39 is 8.32 Å². The maximum atomic E-state index is 6.32. The van der Waals surface area contributed by atoms with Gasteiger partial charge in [0.1, 0.15) is 0 Å². The molecule has 0 saturated heterocycles. The van der Waals surface area contributed by atoms with E-state index in [1.165, 1.54) is 55.6 Å². The zero-order valence-electron chi connectivity index (χ0n) is 17.4. The predicted molar refractivity (Wildman–Crippen MR) is 116 cm³/mol. The van der Waals surface area contributed by atoms with E-state index in [4.69, 9.17) is 4.43 Å². The standard InChI is InChI=1S/C20H42OSe2Si/c1-8-10-16-22-18-19(23-17-11-9-2)14-12-13-15-21-24(6,7)20(3,4)5/h18H,8-17H2,1-7H3/b19-18-. The topological polar surface area (TPSA) is 9.23 Å². The molecule has 0 aliphatic heterocycles. The molecule has 0 aromatic heterocycles. The third-order valence-electron chi connectivity index (χ3n) is 4.70. The van der Waals surface area contributed by atoms with Gasteiger partial charge in [-0.25, -0.2) is 0 Å². The van der Waals surface area contributed by atoms with Gasteiger partial charge in [-0.3, -0.25) is 0 Å². The summed E-state index contributed by atoms with van der Waals surface area (Å²) in [5, 5.41) is 3.22. The number of rotatable bonds is 14. The SMILES string of the molecule is CCCC[Se]/C=C(/CCCCO[Si](C)(C)C(C)(C)C)[Se]CCCC. The Morgan fingerprint density at radius 2 is 1.58 bits per heavy atom. The average Bonchev–Trinajstić information content (AvgIpc) is 2.49. The van der Waals surface area contributed by atoms with Gasteiger partial charge in [-0.1, -0.05) is 0 Å². The molecule has 0 N–H and O–H groups in total. The van der Waals surface area contributed by atoms with Gasteiger partial charge in [0.05, 0.1) is 0 Å². The van der Waals surface area contributed by atoms with Crippen LogP contribution in [0.15, 0.2) is 9.45 Å². The molecule has 0 bridgehead atoms. The summed E-state index contributed by atoms with van der Waals surface area (Å²) in [7, 11) is -1.55. The van der Waals surface area contributed by atoms with Crippen LogP contribution in [0, 0.1) is 0 Å². The molecule has 0 spiro atoms. The zero-order valence-corrected chi connectivity index (χ0v) is 21.8. The molecule has 0 atom stereocenters. The van der Waals surface area contributed by atoms with Crippen molar-refractivity contribution >= 4 is 38.2 Å². The van der Waals surface area contributed by atoms with Crippen LogP contribution in [0.5, 0.6) is 0 Å². The van der Waals surface area contributed by atoms with Crippen molar-refractivity contribution in [2.24, 2.45) is 0 Å². The number of hydrogen-bond donors (Lipinski definition) is 0. The summed E-state index contributed by atoms with van der Waals surface area (Å²) in [5.74, 6) is 0. The van der Waals surface area contributed by atoms with Gasteiger partial charge in [0.25, 0.3) is 0 Å². The summed E-state index contributed by atoms with van der Waals surface area (Å²) < 4.78 is 8.12. The van der Waals surface area contributed by atoms with E-state index in [-0.39, 0.29) is 0 Å². The monoisotopic (exact) mass is 486 g/mol. The number of unbranched alkanes of at least 4 members (excludes halogenated alkanes) is 3. The second kappa shape index (κ2) is 14.1. The molecule has 144 valence electrons. The Balaban J connectivity index is 4.12. The molecule has 0 rings (SSSR count). The van der Waals surface area contributed by atoms with Gasteiger partial charge in [0.2, 0.25) is 0 Å². The van der Waals surface area contributed by atoms with Gasteiger partial charge in [-0.15, -0.1) is 0 Å². The van der Waals surface area contributed by atoms with Crippen molar-refractivity contribution in [3.05, 3.63) is 9.45 Å². The van der Waals surface area contributed by atoms with Gasteiger partial charge in [-0.2, -0.15) is 0 Å². The molecule has 1 nitrogen and oxygen atoms in total. The van der Waals surface area contributed by atoms with Crippen LogP contribution >= 0.6 is 0 Å². The fraction of sp³-hybridized carbons (Fsp3) is 0.900. The van der Waals surface area contributed by atoms with Crippen molar-refractivity contribution in [3.8, 4) is 0 Å². The summed E-state index contributed by atoms with van der Waals surface area (Å²) in [6.45, 7) is 17.3. The van der Waals surface area contributed by atoms with Crippen LogP contribution in [0.3, 0.4) is 0 Å². The van der Waals surface area contributed by atoms with E-state index in [2.05, 4.69) is 52.7 Å². The van der Waals surface area contributed by atoms with Crippen LogP contribution in [0.1, 0.15) is 79.6 Å². The predicted octanol–water partition coefficient (Wildman–Crippen LogP) is 6.87. The summed E-state index contributed by atoms with van der Waals surface area (Å²) in [5.41, 5.74) is 0. The molecular weight excluding hydrogens is 442 g/mol. The molecule has 0 radical (unpaired) electrons. The van der Waals surface area contributed by atoms with Crippen molar-refractivity contribution < 1.29 is 4.43 Å². The van der Waals surface area contributed by atoms with Crippen LogP contribution < -0.4 is 0 Å². The molecule has 0 amide bonds. The Kier molecular flexibility index (Phi) is 14.6. The van der Waals surface area contributed by atoms with Crippen LogP contribution in [-0.2, 0) is 4.43 Å². The van der Waals surface area contributed by atoms with E-state index in [9.17, 15) is 0 Å². The van der Waals surface area contributed by atoms with Gasteiger partial charge < -0.3 is 0 Å². The third-order valence-corrected chi connectivity index (χ3v) is 14.5. The maximum absolute atomic E-state index is 6.32. The summed E-state index contributed by atoms with van der Waals surface area (Å²) >= 11 is 1.50. The van der Waals surface area contributed by atoms with E-state index in [0.29, 0.717) is 5.04 Å². The second-order valence-electron chi connectivity index (χ2n) is 8.08. The van der Waals surface area contributed by atoms with Crippen molar-refractivity contribution in [2.75, 3.05) is 6.61 Å². The molecule has 0 aliphatic rings. The fourth-order valence-electron chi connectivity index (χ4n) is 1.84. The zero-order chi connectivity index (χ0) is 18.5. The van der Waals surface area contributed by atoms with Crippen LogP contribution in [0.4, 0.5) is 0 Å². The van der Waals surface area contributed by atoms with Crippen LogP contribution in [0.25, 0.3) is 0 Å². The summed E-state index contributed by atoms with van der Waals surface area (Å²) in [4.78, 5) is 2.65. The molecule has 0 heterocycles. The number of hydrogen-bond acceptors (Lipinski definition) is 1. The van der Waals surface area contributed by atoms with E-state index in [0.717, 1.165) is 36.5 Å². The molecule has 0 aromatic carbocycles. The Labute approximate surface area is 166 Å². The molecule has 24 heavy (non-hydrogen) atoms.